The Balaban J connectivity index is 1.55. The highest BCUT2D eigenvalue weighted by atomic mass is 16.3. The number of benzene rings is 1. The lowest BCUT2D eigenvalue weighted by Gasteiger charge is -2.31. The van der Waals surface area contributed by atoms with Crippen molar-refractivity contribution in [2.75, 3.05) is 19.6 Å². The summed E-state index contributed by atoms with van der Waals surface area (Å²) in [6.45, 7) is 3.36. The van der Waals surface area contributed by atoms with E-state index in [1.807, 2.05) is 0 Å². The van der Waals surface area contributed by atoms with E-state index in [1.165, 1.54) is 19.4 Å². The first-order valence-corrected chi connectivity index (χ1v) is 6.78. The Hall–Kier alpha value is -0.860. The molecule has 1 saturated heterocycles. The third-order valence-corrected chi connectivity index (χ3v) is 4.21. The zero-order valence-corrected chi connectivity index (χ0v) is 10.3. The summed E-state index contributed by atoms with van der Waals surface area (Å²) in [5.74, 6) is 0.794. The maximum Gasteiger partial charge on any atom is 0.0564 e. The van der Waals surface area contributed by atoms with E-state index in [0.717, 1.165) is 31.8 Å². The van der Waals surface area contributed by atoms with Crippen LogP contribution < -0.4 is 0 Å². The quantitative estimate of drug-likeness (QED) is 0.840. The van der Waals surface area contributed by atoms with Gasteiger partial charge in [-0.3, -0.25) is 0 Å². The van der Waals surface area contributed by atoms with E-state index in [0.29, 0.717) is 0 Å². The molecule has 0 bridgehead atoms. The summed E-state index contributed by atoms with van der Waals surface area (Å²) in [5, 5.41) is 9.50. The molecule has 2 heteroatoms. The summed E-state index contributed by atoms with van der Waals surface area (Å²) in [6, 6.07) is 8.85. The van der Waals surface area contributed by atoms with Crippen LogP contribution in [0.4, 0.5) is 0 Å². The van der Waals surface area contributed by atoms with Gasteiger partial charge in [0.25, 0.3) is 0 Å². The minimum absolute atomic E-state index is 0.0491. The van der Waals surface area contributed by atoms with Gasteiger partial charge in [0, 0.05) is 19.6 Å². The molecule has 1 N–H and O–H groups in total. The van der Waals surface area contributed by atoms with Crippen molar-refractivity contribution in [3.8, 4) is 0 Å². The molecule has 0 spiro atoms. The summed E-state index contributed by atoms with van der Waals surface area (Å²) in [7, 11) is 0. The molecule has 0 saturated carbocycles. The first kappa shape index (κ1) is 11.2. The fourth-order valence-corrected chi connectivity index (χ4v) is 3.25. The lowest BCUT2D eigenvalue weighted by molar-refractivity contribution is 0.0754. The van der Waals surface area contributed by atoms with Gasteiger partial charge >= 0.3 is 0 Å². The normalized spacial score (nSPS) is 22.9. The average molecular weight is 231 g/mol. The number of hydrogen-bond acceptors (Lipinski definition) is 2. The Morgan fingerprint density at radius 1 is 1.06 bits per heavy atom. The number of likely N-dealkylation sites (tertiary alicyclic amines) is 1. The van der Waals surface area contributed by atoms with Crippen molar-refractivity contribution in [1.29, 1.82) is 0 Å². The standard InChI is InChI=1S/C15H21NO/c17-15-5-7-16(8-6-15)11-12-9-13-3-1-2-4-14(13)10-12/h1-4,12,15,17H,5-11H2. The highest BCUT2D eigenvalue weighted by molar-refractivity contribution is 5.32. The van der Waals surface area contributed by atoms with Gasteiger partial charge in [-0.2, -0.15) is 0 Å². The topological polar surface area (TPSA) is 23.5 Å². The Labute approximate surface area is 103 Å². The van der Waals surface area contributed by atoms with Gasteiger partial charge in [0.1, 0.15) is 0 Å². The molecule has 2 nitrogen and oxygen atoms in total. The fraction of sp³-hybridized carbons (Fsp3) is 0.600. The molecule has 1 heterocycles. The molecule has 1 aliphatic carbocycles. The molecule has 1 fully saturated rings. The van der Waals surface area contributed by atoms with E-state index < -0.39 is 0 Å². The second kappa shape index (κ2) is 4.79. The minimum Gasteiger partial charge on any atom is -0.393 e. The van der Waals surface area contributed by atoms with Gasteiger partial charge in [-0.05, 0) is 42.7 Å². The van der Waals surface area contributed by atoms with E-state index in [9.17, 15) is 5.11 Å². The second-order valence-corrected chi connectivity index (χ2v) is 5.57. The molecular formula is C15H21NO. The van der Waals surface area contributed by atoms with Crippen molar-refractivity contribution < 1.29 is 5.11 Å². The summed E-state index contributed by atoms with van der Waals surface area (Å²) in [4.78, 5) is 2.53. The summed E-state index contributed by atoms with van der Waals surface area (Å²) < 4.78 is 0. The predicted octanol–water partition coefficient (Wildman–Crippen LogP) is 1.86. The van der Waals surface area contributed by atoms with Crippen LogP contribution in [0.2, 0.25) is 0 Å². The average Bonchev–Trinajstić information content (AvgIpc) is 2.74. The molecule has 0 atom stereocenters. The first-order chi connectivity index (χ1) is 8.31. The fourth-order valence-electron chi connectivity index (χ4n) is 3.25. The number of fused-ring (bicyclic) bond motifs is 1. The van der Waals surface area contributed by atoms with Crippen LogP contribution in [-0.4, -0.2) is 35.7 Å². The third kappa shape index (κ3) is 2.53. The van der Waals surface area contributed by atoms with Crippen LogP contribution in [0.1, 0.15) is 24.0 Å². The van der Waals surface area contributed by atoms with Gasteiger partial charge in [0.15, 0.2) is 0 Å². The zero-order valence-electron chi connectivity index (χ0n) is 10.3. The first-order valence-electron chi connectivity index (χ1n) is 6.78. The smallest absolute Gasteiger partial charge is 0.0564 e. The van der Waals surface area contributed by atoms with Crippen LogP contribution in [0.3, 0.4) is 0 Å². The summed E-state index contributed by atoms with van der Waals surface area (Å²) >= 11 is 0. The largest absolute Gasteiger partial charge is 0.393 e. The van der Waals surface area contributed by atoms with Gasteiger partial charge in [-0.25, -0.2) is 0 Å². The number of hydrogen-bond donors (Lipinski definition) is 1. The molecule has 1 aliphatic heterocycles. The number of aliphatic hydroxyl groups excluding tert-OH is 1. The SMILES string of the molecule is OC1CCN(CC2Cc3ccccc3C2)CC1. The Kier molecular flexibility index (Phi) is 3.17. The van der Waals surface area contributed by atoms with Crippen LogP contribution >= 0.6 is 0 Å². The molecule has 0 unspecified atom stereocenters. The number of rotatable bonds is 2. The molecule has 1 aromatic carbocycles. The molecule has 1 aromatic rings. The molecule has 92 valence electrons. The highest BCUT2D eigenvalue weighted by Gasteiger charge is 2.25. The maximum absolute atomic E-state index is 9.50. The molecule has 0 radical (unpaired) electrons. The van der Waals surface area contributed by atoms with E-state index >= 15 is 0 Å². The molecule has 0 amide bonds. The summed E-state index contributed by atoms with van der Waals surface area (Å²) in [5.41, 5.74) is 3.10. The maximum atomic E-state index is 9.50. The Morgan fingerprint density at radius 2 is 1.65 bits per heavy atom. The van der Waals surface area contributed by atoms with Crippen molar-refractivity contribution in [3.63, 3.8) is 0 Å². The van der Waals surface area contributed by atoms with Gasteiger partial charge < -0.3 is 10.0 Å². The van der Waals surface area contributed by atoms with Crippen LogP contribution in [-0.2, 0) is 12.8 Å². The lowest BCUT2D eigenvalue weighted by Crippen LogP contribution is -2.38. The van der Waals surface area contributed by atoms with Gasteiger partial charge in [-0.15, -0.1) is 0 Å². The van der Waals surface area contributed by atoms with E-state index in [2.05, 4.69) is 29.2 Å². The molecule has 3 rings (SSSR count). The van der Waals surface area contributed by atoms with E-state index in [1.54, 1.807) is 11.1 Å². The third-order valence-electron chi connectivity index (χ3n) is 4.21. The van der Waals surface area contributed by atoms with Gasteiger partial charge in [0.2, 0.25) is 0 Å². The van der Waals surface area contributed by atoms with Crippen molar-refractivity contribution in [2.45, 2.75) is 31.8 Å². The molecule has 2 aliphatic rings. The monoisotopic (exact) mass is 231 g/mol. The highest BCUT2D eigenvalue weighted by Crippen LogP contribution is 2.27. The van der Waals surface area contributed by atoms with E-state index in [-0.39, 0.29) is 6.10 Å². The second-order valence-electron chi connectivity index (χ2n) is 5.57. The Bertz CT molecular complexity index is 357. The van der Waals surface area contributed by atoms with Crippen molar-refractivity contribution in [1.82, 2.24) is 4.90 Å². The van der Waals surface area contributed by atoms with Crippen molar-refractivity contribution in [3.05, 3.63) is 35.4 Å². The van der Waals surface area contributed by atoms with Crippen molar-refractivity contribution >= 4 is 0 Å². The van der Waals surface area contributed by atoms with Crippen LogP contribution in [0, 0.1) is 5.92 Å². The van der Waals surface area contributed by atoms with Crippen LogP contribution in [0.5, 0.6) is 0 Å². The van der Waals surface area contributed by atoms with Crippen LogP contribution in [0.25, 0.3) is 0 Å². The van der Waals surface area contributed by atoms with Gasteiger partial charge in [-0.1, -0.05) is 24.3 Å². The Morgan fingerprint density at radius 3 is 2.24 bits per heavy atom. The van der Waals surface area contributed by atoms with Crippen molar-refractivity contribution in [2.24, 2.45) is 5.92 Å². The minimum atomic E-state index is -0.0491. The molecule has 17 heavy (non-hydrogen) atoms. The number of nitrogens with zero attached hydrogens (tertiary/aromatic N) is 1. The van der Waals surface area contributed by atoms with Gasteiger partial charge in [0.05, 0.1) is 6.10 Å². The number of aliphatic hydroxyl groups is 1. The molecule has 0 aromatic heterocycles. The van der Waals surface area contributed by atoms with Crippen LogP contribution in [0.15, 0.2) is 24.3 Å². The molecular weight excluding hydrogens is 210 g/mol. The predicted molar refractivity (Wildman–Crippen MR) is 69.0 cm³/mol. The van der Waals surface area contributed by atoms with E-state index in [4.69, 9.17) is 0 Å². The zero-order chi connectivity index (χ0) is 11.7. The lowest BCUT2D eigenvalue weighted by atomic mass is 10.0. The summed E-state index contributed by atoms with van der Waals surface area (Å²) in [6.07, 6.45) is 4.36. The number of piperidine rings is 1.